The monoisotopic (exact) mass is 610 g/mol. The second kappa shape index (κ2) is 18.5. The van der Waals surface area contributed by atoms with E-state index in [9.17, 15) is 23.8 Å². The molecule has 11 nitrogen and oxygen atoms in total. The fourth-order valence-corrected chi connectivity index (χ4v) is 4.78. The number of allylic oxidation sites excluding steroid dienone is 2. The number of methoxy groups -OCH3 is 2. The van der Waals surface area contributed by atoms with Crippen LogP contribution < -0.4 is 10.2 Å². The fraction of sp³-hybridized carbons (Fsp3) is 0.708. The molecule has 37 heavy (non-hydrogen) atoms. The van der Waals surface area contributed by atoms with Crippen molar-refractivity contribution in [2.24, 2.45) is 0 Å². The van der Waals surface area contributed by atoms with Crippen LogP contribution in [0.1, 0.15) is 64.7 Å². The average Bonchev–Trinajstić information content (AvgIpc) is 2.87. The largest absolute Gasteiger partial charge is 0.756 e. The molecule has 0 saturated carbocycles. The van der Waals surface area contributed by atoms with Crippen LogP contribution in [0.3, 0.4) is 0 Å². The smallest absolute Gasteiger partial charge is 0.407 e. The summed E-state index contributed by atoms with van der Waals surface area (Å²) in [6.07, 6.45) is 6.81. The van der Waals surface area contributed by atoms with Crippen molar-refractivity contribution in [1.29, 1.82) is 0 Å². The fourth-order valence-electron chi connectivity index (χ4n) is 3.63. The number of phosphoric acid groups is 1. The maximum Gasteiger partial charge on any atom is 0.407 e. The maximum absolute atomic E-state index is 12.6. The SMILES string of the molecule is COC1=C(OC)C(=O)C(CCCCCCCCCNC(=O)OCCCOP(=O)([O-])OCCBr)=C(C)C1=O. The molecular weight excluding hydrogens is 573 g/mol. The van der Waals surface area contributed by atoms with E-state index >= 15 is 0 Å². The molecule has 0 aliphatic heterocycles. The highest BCUT2D eigenvalue weighted by molar-refractivity contribution is 9.09. The lowest BCUT2D eigenvalue weighted by Gasteiger charge is -2.21. The Morgan fingerprint density at radius 2 is 1.43 bits per heavy atom. The molecule has 1 N–H and O–H groups in total. The molecule has 0 radical (unpaired) electrons. The topological polar surface area (TPSA) is 150 Å². The van der Waals surface area contributed by atoms with Gasteiger partial charge in [-0.2, -0.15) is 0 Å². The quantitative estimate of drug-likeness (QED) is 0.0923. The van der Waals surface area contributed by atoms with Crippen LogP contribution in [0.2, 0.25) is 0 Å². The Hall–Kier alpha value is -1.72. The third-order valence-corrected chi connectivity index (χ3v) is 6.89. The third-order valence-electron chi connectivity index (χ3n) is 5.56. The first kappa shape index (κ1) is 33.3. The second-order valence-corrected chi connectivity index (χ2v) is 10.5. The zero-order chi connectivity index (χ0) is 27.7. The van der Waals surface area contributed by atoms with Crippen molar-refractivity contribution in [2.45, 2.75) is 64.7 Å². The Balaban J connectivity index is 2.06. The number of phosphoric ester groups is 1. The Labute approximate surface area is 227 Å². The van der Waals surface area contributed by atoms with Crippen molar-refractivity contribution in [1.82, 2.24) is 5.32 Å². The van der Waals surface area contributed by atoms with Gasteiger partial charge in [0.2, 0.25) is 23.1 Å². The predicted octanol–water partition coefficient (Wildman–Crippen LogP) is 4.09. The minimum Gasteiger partial charge on any atom is -0.756 e. The van der Waals surface area contributed by atoms with Gasteiger partial charge in [-0.15, -0.1) is 0 Å². The van der Waals surface area contributed by atoms with Crippen LogP contribution in [0.15, 0.2) is 22.7 Å². The zero-order valence-electron chi connectivity index (χ0n) is 21.8. The van der Waals surface area contributed by atoms with E-state index in [1.165, 1.54) is 14.2 Å². The highest BCUT2D eigenvalue weighted by atomic mass is 79.9. The van der Waals surface area contributed by atoms with Gasteiger partial charge in [-0.25, -0.2) is 4.79 Å². The molecule has 0 aromatic heterocycles. The van der Waals surface area contributed by atoms with Crippen LogP contribution in [-0.4, -0.2) is 63.6 Å². The Morgan fingerprint density at radius 3 is 2.05 bits per heavy atom. The first-order valence-electron chi connectivity index (χ1n) is 12.4. The lowest BCUT2D eigenvalue weighted by molar-refractivity contribution is -0.225. The molecule has 1 unspecified atom stereocenters. The van der Waals surface area contributed by atoms with Crippen molar-refractivity contribution in [2.75, 3.05) is 45.9 Å². The number of carbonyl (C=O) groups is 3. The van der Waals surface area contributed by atoms with Gasteiger partial charge in [0.05, 0.1) is 34.0 Å². The molecule has 0 spiro atoms. The van der Waals surface area contributed by atoms with Crippen LogP contribution in [0.4, 0.5) is 4.79 Å². The van der Waals surface area contributed by atoms with E-state index in [1.54, 1.807) is 6.92 Å². The summed E-state index contributed by atoms with van der Waals surface area (Å²) in [5, 5.41) is 3.03. The first-order chi connectivity index (χ1) is 17.7. The number of halogens is 1. The molecule has 1 aliphatic rings. The molecule has 1 amide bonds. The summed E-state index contributed by atoms with van der Waals surface area (Å²) < 4.78 is 35.6. The number of Topliss-reactive ketones (excluding diaryl/α,β-unsaturated/α-hetero) is 2. The lowest BCUT2D eigenvalue weighted by Crippen LogP contribution is -2.26. The number of amides is 1. The van der Waals surface area contributed by atoms with E-state index in [1.807, 2.05) is 0 Å². The Morgan fingerprint density at radius 1 is 0.865 bits per heavy atom. The number of rotatable bonds is 20. The van der Waals surface area contributed by atoms with Gasteiger partial charge in [-0.1, -0.05) is 48.0 Å². The van der Waals surface area contributed by atoms with Crippen molar-refractivity contribution in [3.63, 3.8) is 0 Å². The maximum atomic E-state index is 12.6. The second-order valence-electron chi connectivity index (χ2n) is 8.27. The van der Waals surface area contributed by atoms with Crippen molar-refractivity contribution < 1.29 is 47.1 Å². The standard InChI is InChI=1S/C24H39BrNO10P/c1-18-19(21(28)23(33-3)22(32-2)20(18)27)12-9-7-5-4-6-8-10-14-26-24(29)34-15-11-16-35-37(30,31)36-17-13-25/h4-17H2,1-3H3,(H,26,29)(H,30,31)/p-1. The average molecular weight is 611 g/mol. The number of alkyl carbamates (subject to hydrolysis) is 1. The molecule has 0 aromatic rings. The zero-order valence-corrected chi connectivity index (χ0v) is 24.3. The molecule has 1 rings (SSSR count). The van der Waals surface area contributed by atoms with Crippen LogP contribution >= 0.6 is 23.8 Å². The van der Waals surface area contributed by atoms with E-state index in [-0.39, 0.29) is 49.3 Å². The van der Waals surface area contributed by atoms with Gasteiger partial charge in [-0.3, -0.25) is 14.2 Å². The number of ether oxygens (including phenoxy) is 3. The third kappa shape index (κ3) is 12.6. The summed E-state index contributed by atoms with van der Waals surface area (Å²) in [5.41, 5.74) is 0.920. The van der Waals surface area contributed by atoms with Gasteiger partial charge in [0.1, 0.15) is 0 Å². The highest BCUT2D eigenvalue weighted by Gasteiger charge is 2.34. The van der Waals surface area contributed by atoms with E-state index in [2.05, 4.69) is 30.3 Å². The van der Waals surface area contributed by atoms with Gasteiger partial charge in [0.15, 0.2) is 0 Å². The van der Waals surface area contributed by atoms with Crippen LogP contribution in [0, 0.1) is 0 Å². The summed E-state index contributed by atoms with van der Waals surface area (Å²) in [5.74, 6) is -0.643. The molecule has 0 heterocycles. The van der Waals surface area contributed by atoms with Crippen molar-refractivity contribution in [3.8, 4) is 0 Å². The highest BCUT2D eigenvalue weighted by Crippen LogP contribution is 2.38. The van der Waals surface area contributed by atoms with Crippen LogP contribution in [-0.2, 0) is 37.4 Å². The van der Waals surface area contributed by atoms with Gasteiger partial charge in [0.25, 0.3) is 7.82 Å². The predicted molar refractivity (Wildman–Crippen MR) is 138 cm³/mol. The van der Waals surface area contributed by atoms with Crippen LogP contribution in [0.5, 0.6) is 0 Å². The number of unbranched alkanes of at least 4 members (excludes halogenated alkanes) is 6. The summed E-state index contributed by atoms with van der Waals surface area (Å²) in [4.78, 5) is 48.0. The molecule has 212 valence electrons. The number of hydrogen-bond donors (Lipinski definition) is 1. The number of hydrogen-bond acceptors (Lipinski definition) is 10. The van der Waals surface area contributed by atoms with E-state index < -0.39 is 13.9 Å². The minimum absolute atomic E-state index is 0.00643. The van der Waals surface area contributed by atoms with E-state index in [0.29, 0.717) is 29.4 Å². The molecule has 13 heteroatoms. The molecule has 0 aromatic carbocycles. The minimum atomic E-state index is -4.31. The summed E-state index contributed by atoms with van der Waals surface area (Å²) >= 11 is 3.05. The first-order valence-corrected chi connectivity index (χ1v) is 14.9. The molecule has 1 aliphatic carbocycles. The van der Waals surface area contributed by atoms with E-state index in [4.69, 9.17) is 14.2 Å². The van der Waals surface area contributed by atoms with Gasteiger partial charge in [-0.05, 0) is 26.2 Å². The molecule has 0 bridgehead atoms. The van der Waals surface area contributed by atoms with Gasteiger partial charge >= 0.3 is 6.09 Å². The number of alkyl halides is 1. The Kier molecular flexibility index (Phi) is 16.7. The normalized spacial score (nSPS) is 15.6. The summed E-state index contributed by atoms with van der Waals surface area (Å²) in [7, 11) is -1.60. The number of ketones is 2. The van der Waals surface area contributed by atoms with Gasteiger partial charge < -0.3 is 33.5 Å². The Bertz CT molecular complexity index is 874. The van der Waals surface area contributed by atoms with Gasteiger partial charge in [0, 0.05) is 29.4 Å². The van der Waals surface area contributed by atoms with E-state index in [0.717, 1.165) is 44.9 Å². The number of carbonyl (C=O) groups excluding carboxylic acids is 3. The molecule has 0 saturated heterocycles. The summed E-state index contributed by atoms with van der Waals surface area (Å²) in [6, 6.07) is 0. The van der Waals surface area contributed by atoms with Crippen molar-refractivity contribution >= 4 is 41.4 Å². The molecular formula is C24H38BrNO10P-. The van der Waals surface area contributed by atoms with Crippen LogP contribution in [0.25, 0.3) is 0 Å². The number of nitrogens with one attached hydrogen (secondary N) is 1. The summed E-state index contributed by atoms with van der Waals surface area (Å²) in [6.45, 7) is 2.05. The van der Waals surface area contributed by atoms with Crippen molar-refractivity contribution in [3.05, 3.63) is 22.7 Å². The lowest BCUT2D eigenvalue weighted by atomic mass is 9.89. The molecule has 1 atom stereocenters. The molecule has 0 fully saturated rings.